The van der Waals surface area contributed by atoms with Gasteiger partial charge in [0.15, 0.2) is 0 Å². The molecule has 9 N–H and O–H groups in total. The van der Waals surface area contributed by atoms with Crippen molar-refractivity contribution in [2.75, 3.05) is 5.75 Å². The van der Waals surface area contributed by atoms with Crippen LogP contribution in [0.4, 0.5) is 0 Å². The van der Waals surface area contributed by atoms with Gasteiger partial charge < -0.3 is 42.0 Å². The van der Waals surface area contributed by atoms with Crippen LogP contribution in [0.2, 0.25) is 0 Å². The van der Waals surface area contributed by atoms with Gasteiger partial charge in [-0.3, -0.25) is 14.4 Å². The van der Waals surface area contributed by atoms with Crippen molar-refractivity contribution in [2.24, 2.45) is 5.73 Å². The summed E-state index contributed by atoms with van der Waals surface area (Å²) in [5.74, 6) is -3.74. The molecule has 1 aromatic carbocycles. The summed E-state index contributed by atoms with van der Waals surface area (Å²) in [6.07, 6.45) is 1.28. The minimum Gasteiger partial charge on any atom is -0.508 e. The number of aromatic amines is 1. The van der Waals surface area contributed by atoms with E-state index in [0.717, 1.165) is 0 Å². The highest BCUT2D eigenvalue weighted by atomic mass is 32.1. The van der Waals surface area contributed by atoms with Crippen molar-refractivity contribution in [1.29, 1.82) is 0 Å². The van der Waals surface area contributed by atoms with Gasteiger partial charge in [0.1, 0.15) is 23.9 Å². The van der Waals surface area contributed by atoms with Gasteiger partial charge in [0, 0.05) is 30.5 Å². The van der Waals surface area contributed by atoms with E-state index in [9.17, 15) is 34.5 Å². The smallest absolute Gasteiger partial charge is 0.326 e. The van der Waals surface area contributed by atoms with Gasteiger partial charge in [-0.05, 0) is 24.6 Å². The number of carbonyl (C=O) groups is 4. The summed E-state index contributed by atoms with van der Waals surface area (Å²) in [6, 6.07) is 0.738. The second-order valence-electron chi connectivity index (χ2n) is 8.13. The summed E-state index contributed by atoms with van der Waals surface area (Å²) in [6.45, 7) is 1.27. The Kier molecular flexibility index (Phi) is 10.7. The molecule has 0 bridgehead atoms. The van der Waals surface area contributed by atoms with E-state index in [2.05, 4.69) is 38.5 Å². The maximum atomic E-state index is 13.1. The Morgan fingerprint density at radius 2 is 1.67 bits per heavy atom. The predicted octanol–water partition coefficient (Wildman–Crippen LogP) is -1.92. The zero-order valence-electron chi connectivity index (χ0n) is 19.4. The number of aromatic hydroxyl groups is 1. The van der Waals surface area contributed by atoms with E-state index >= 15 is 0 Å². The van der Waals surface area contributed by atoms with Crippen LogP contribution in [0.25, 0.3) is 0 Å². The van der Waals surface area contributed by atoms with Crippen molar-refractivity contribution in [3.8, 4) is 5.75 Å². The van der Waals surface area contributed by atoms with Crippen molar-refractivity contribution in [3.63, 3.8) is 0 Å². The Hall–Kier alpha value is -3.62. The number of H-pyrrole nitrogens is 1. The maximum Gasteiger partial charge on any atom is 0.326 e. The topological polar surface area (TPSA) is 220 Å². The molecule has 2 aromatic rings. The quantitative estimate of drug-likeness (QED) is 0.134. The van der Waals surface area contributed by atoms with Crippen molar-refractivity contribution >= 4 is 36.3 Å². The number of nitrogens with one attached hydrogen (secondary N) is 4. The first-order valence-corrected chi connectivity index (χ1v) is 11.6. The van der Waals surface area contributed by atoms with Gasteiger partial charge in [-0.1, -0.05) is 12.1 Å². The molecule has 5 atom stereocenters. The van der Waals surface area contributed by atoms with Crippen LogP contribution in [0.5, 0.6) is 5.75 Å². The fourth-order valence-electron chi connectivity index (χ4n) is 3.18. The zero-order valence-corrected chi connectivity index (χ0v) is 20.3. The molecule has 0 fully saturated rings. The van der Waals surface area contributed by atoms with E-state index in [1.54, 1.807) is 0 Å². The van der Waals surface area contributed by atoms with Crippen LogP contribution in [-0.2, 0) is 32.0 Å². The maximum absolute atomic E-state index is 13.1. The fourth-order valence-corrected chi connectivity index (χ4v) is 3.34. The van der Waals surface area contributed by atoms with Crippen LogP contribution in [0.15, 0.2) is 36.8 Å². The van der Waals surface area contributed by atoms with Crippen LogP contribution in [0, 0.1) is 0 Å². The molecule has 0 aliphatic carbocycles. The molecule has 0 saturated heterocycles. The Bertz CT molecular complexity index is 1030. The van der Waals surface area contributed by atoms with Crippen LogP contribution in [0.3, 0.4) is 0 Å². The second-order valence-corrected chi connectivity index (χ2v) is 8.49. The van der Waals surface area contributed by atoms with Gasteiger partial charge in [-0.25, -0.2) is 9.78 Å². The first kappa shape index (κ1) is 28.6. The summed E-state index contributed by atoms with van der Waals surface area (Å²) in [5, 5.41) is 36.4. The first-order chi connectivity index (χ1) is 17.0. The van der Waals surface area contributed by atoms with Crippen molar-refractivity contribution in [1.82, 2.24) is 25.9 Å². The number of rotatable bonds is 13. The normalized spacial score (nSPS) is 15.1. The van der Waals surface area contributed by atoms with Crippen LogP contribution in [-0.4, -0.2) is 85.0 Å². The van der Waals surface area contributed by atoms with E-state index in [1.807, 2.05) is 0 Å². The van der Waals surface area contributed by atoms with Gasteiger partial charge in [0.2, 0.25) is 17.7 Å². The highest BCUT2D eigenvalue weighted by Crippen LogP contribution is 2.12. The molecule has 36 heavy (non-hydrogen) atoms. The van der Waals surface area contributed by atoms with Gasteiger partial charge in [-0.15, -0.1) is 0 Å². The van der Waals surface area contributed by atoms with Crippen LogP contribution < -0.4 is 21.7 Å². The number of aliphatic hydroxyl groups is 1. The monoisotopic (exact) mass is 522 g/mol. The Balaban J connectivity index is 2.24. The molecule has 0 spiro atoms. The third kappa shape index (κ3) is 8.55. The number of phenols is 1. The first-order valence-electron chi connectivity index (χ1n) is 10.9. The summed E-state index contributed by atoms with van der Waals surface area (Å²) >= 11 is 3.93. The summed E-state index contributed by atoms with van der Waals surface area (Å²) in [5.41, 5.74) is 6.63. The molecule has 5 unspecified atom stereocenters. The minimum absolute atomic E-state index is 0.00122. The molecular formula is C22H30N6O7S. The molecular weight excluding hydrogens is 492 g/mol. The SMILES string of the molecule is CC(O)C(NC(=O)C(N)CS)C(=O)NC(Cc1ccc(O)cc1)C(=O)NC(Cc1cnc[nH]1)C(=O)O. The molecule has 14 heteroatoms. The van der Waals surface area contributed by atoms with Gasteiger partial charge in [0.25, 0.3) is 0 Å². The van der Waals surface area contributed by atoms with E-state index in [4.69, 9.17) is 5.73 Å². The number of carboxylic acid groups (broad SMARTS) is 1. The number of hydrogen-bond donors (Lipinski definition) is 9. The van der Waals surface area contributed by atoms with Crippen LogP contribution >= 0.6 is 12.6 Å². The second kappa shape index (κ2) is 13.5. The Morgan fingerprint density at radius 3 is 2.19 bits per heavy atom. The lowest BCUT2D eigenvalue weighted by molar-refractivity contribution is -0.142. The number of thiol groups is 1. The molecule has 0 aliphatic rings. The van der Waals surface area contributed by atoms with Crippen molar-refractivity contribution in [3.05, 3.63) is 48.0 Å². The number of phenolic OH excluding ortho intramolecular Hbond substituents is 1. The lowest BCUT2D eigenvalue weighted by atomic mass is 10.0. The van der Waals surface area contributed by atoms with E-state index in [0.29, 0.717) is 11.3 Å². The molecule has 1 heterocycles. The number of benzene rings is 1. The number of amides is 3. The van der Waals surface area contributed by atoms with E-state index in [-0.39, 0.29) is 24.3 Å². The Labute approximate surface area is 212 Å². The number of aliphatic carboxylic acids is 1. The average molecular weight is 523 g/mol. The number of nitrogens with zero attached hydrogens (tertiary/aromatic N) is 1. The molecule has 1 aromatic heterocycles. The predicted molar refractivity (Wildman–Crippen MR) is 131 cm³/mol. The molecule has 13 nitrogen and oxygen atoms in total. The summed E-state index contributed by atoms with van der Waals surface area (Å²) < 4.78 is 0. The number of aliphatic hydroxyl groups excluding tert-OH is 1. The van der Waals surface area contributed by atoms with Crippen molar-refractivity contribution < 1.29 is 34.5 Å². The fraction of sp³-hybridized carbons (Fsp3) is 0.409. The number of nitrogens with two attached hydrogens (primary N) is 1. The number of carboxylic acids is 1. The van der Waals surface area contributed by atoms with Gasteiger partial charge >= 0.3 is 5.97 Å². The lowest BCUT2D eigenvalue weighted by Gasteiger charge is -2.26. The third-order valence-electron chi connectivity index (χ3n) is 5.20. The summed E-state index contributed by atoms with van der Waals surface area (Å²) in [7, 11) is 0. The van der Waals surface area contributed by atoms with Gasteiger partial charge in [0.05, 0.1) is 18.5 Å². The van der Waals surface area contributed by atoms with Crippen molar-refractivity contribution in [2.45, 2.75) is 50.0 Å². The highest BCUT2D eigenvalue weighted by molar-refractivity contribution is 7.80. The molecule has 2 rings (SSSR count). The highest BCUT2D eigenvalue weighted by Gasteiger charge is 2.32. The standard InChI is InChI=1S/C22H30N6O7S/c1-11(29)18(28-19(31)15(23)9-36)21(33)26-16(6-12-2-4-14(30)5-3-12)20(32)27-17(22(34)35)7-13-8-24-10-25-13/h2-5,8,10-11,15-18,29-30,36H,6-7,9,23H2,1H3,(H,24,25)(H,26,33)(H,27,32)(H,28,31)(H,34,35). The number of aromatic nitrogens is 2. The number of hydrogen-bond acceptors (Lipinski definition) is 9. The van der Waals surface area contributed by atoms with E-state index < -0.39 is 54.0 Å². The van der Waals surface area contributed by atoms with E-state index in [1.165, 1.54) is 43.7 Å². The third-order valence-corrected chi connectivity index (χ3v) is 5.59. The molecule has 0 saturated carbocycles. The number of carbonyl (C=O) groups excluding carboxylic acids is 3. The number of imidazole rings is 1. The largest absolute Gasteiger partial charge is 0.508 e. The molecule has 196 valence electrons. The molecule has 0 aliphatic heterocycles. The molecule has 0 radical (unpaired) electrons. The van der Waals surface area contributed by atoms with Crippen LogP contribution in [0.1, 0.15) is 18.2 Å². The minimum atomic E-state index is -1.45. The van der Waals surface area contributed by atoms with Gasteiger partial charge in [-0.2, -0.15) is 12.6 Å². The Morgan fingerprint density at radius 1 is 1.03 bits per heavy atom. The summed E-state index contributed by atoms with van der Waals surface area (Å²) in [4.78, 5) is 56.6. The lowest BCUT2D eigenvalue weighted by Crippen LogP contribution is -2.60. The zero-order chi connectivity index (χ0) is 26.8. The average Bonchev–Trinajstić information content (AvgIpc) is 3.35. The molecule has 3 amide bonds.